The molecule has 1 heterocycles. The van der Waals surface area contributed by atoms with Gasteiger partial charge in [0.25, 0.3) is 0 Å². The van der Waals surface area contributed by atoms with E-state index >= 15 is 0 Å². The summed E-state index contributed by atoms with van der Waals surface area (Å²) in [6, 6.07) is 0.288. The molecule has 2 amide bonds. The number of thiazole rings is 1. The van der Waals surface area contributed by atoms with Crippen molar-refractivity contribution in [3.63, 3.8) is 0 Å². The summed E-state index contributed by atoms with van der Waals surface area (Å²) in [5, 5.41) is 6.98. The van der Waals surface area contributed by atoms with Gasteiger partial charge in [-0.25, -0.2) is 0 Å². The Balaban J connectivity index is 1.78. The molecule has 0 aromatic carbocycles. The molecule has 7 heteroatoms. The molecule has 2 rings (SSSR count). The number of rotatable bonds is 5. The third-order valence-electron chi connectivity index (χ3n) is 2.67. The van der Waals surface area contributed by atoms with Crippen molar-refractivity contribution in [1.82, 2.24) is 15.2 Å². The van der Waals surface area contributed by atoms with E-state index in [2.05, 4.69) is 10.6 Å². The molecule has 18 heavy (non-hydrogen) atoms. The smallest absolute Gasteiger partial charge is 0.307 e. The molecule has 1 aromatic heterocycles. The lowest BCUT2D eigenvalue weighted by Gasteiger charge is -2.07. The summed E-state index contributed by atoms with van der Waals surface area (Å²) >= 11 is 1.06. The Morgan fingerprint density at radius 2 is 2.17 bits per heavy atom. The number of hydrogen-bond acceptors (Lipinski definition) is 4. The summed E-state index contributed by atoms with van der Waals surface area (Å²) in [4.78, 5) is 34.1. The number of nitrogens with one attached hydrogen (secondary N) is 2. The summed E-state index contributed by atoms with van der Waals surface area (Å²) in [6.07, 6.45) is 2.03. The van der Waals surface area contributed by atoms with Crippen molar-refractivity contribution in [2.75, 3.05) is 6.54 Å². The molecule has 0 bridgehead atoms. The van der Waals surface area contributed by atoms with Gasteiger partial charge in [-0.05, 0) is 19.8 Å². The van der Waals surface area contributed by atoms with Gasteiger partial charge < -0.3 is 10.6 Å². The van der Waals surface area contributed by atoms with E-state index in [-0.39, 0.29) is 35.8 Å². The van der Waals surface area contributed by atoms with Gasteiger partial charge in [0, 0.05) is 17.1 Å². The monoisotopic (exact) mass is 269 g/mol. The molecule has 0 radical (unpaired) electrons. The zero-order valence-electron chi connectivity index (χ0n) is 10.1. The predicted octanol–water partition coefficient (Wildman–Crippen LogP) is -0.387. The molecule has 6 nitrogen and oxygen atoms in total. The lowest BCUT2D eigenvalue weighted by molar-refractivity contribution is -0.126. The first kappa shape index (κ1) is 12.8. The Hall–Kier alpha value is -1.63. The van der Waals surface area contributed by atoms with Gasteiger partial charge in [0.2, 0.25) is 11.8 Å². The first-order chi connectivity index (χ1) is 8.56. The Labute approximate surface area is 108 Å². The maximum absolute atomic E-state index is 11.6. The molecule has 1 aliphatic rings. The van der Waals surface area contributed by atoms with Gasteiger partial charge in [-0.15, -0.1) is 0 Å². The second kappa shape index (κ2) is 5.34. The SMILES string of the molecule is Cc1csc(=O)n1CC(=O)NCC(=O)NC1CC1. The number of amides is 2. The highest BCUT2D eigenvalue weighted by Crippen LogP contribution is 2.18. The lowest BCUT2D eigenvalue weighted by Crippen LogP contribution is -2.39. The van der Waals surface area contributed by atoms with Crippen molar-refractivity contribution >= 4 is 23.2 Å². The second-order valence-electron chi connectivity index (χ2n) is 4.35. The summed E-state index contributed by atoms with van der Waals surface area (Å²) < 4.78 is 1.39. The first-order valence-corrected chi connectivity index (χ1v) is 6.65. The van der Waals surface area contributed by atoms with Crippen molar-refractivity contribution < 1.29 is 9.59 Å². The summed E-state index contributed by atoms with van der Waals surface area (Å²) in [5.41, 5.74) is 0.752. The van der Waals surface area contributed by atoms with Crippen LogP contribution < -0.4 is 15.5 Å². The molecule has 0 unspecified atom stereocenters. The fourth-order valence-corrected chi connectivity index (χ4v) is 2.22. The molecule has 0 spiro atoms. The van der Waals surface area contributed by atoms with E-state index in [4.69, 9.17) is 0 Å². The number of aryl methyl sites for hydroxylation is 1. The molecule has 1 aromatic rings. The number of hydrogen-bond donors (Lipinski definition) is 2. The van der Waals surface area contributed by atoms with E-state index < -0.39 is 0 Å². The highest BCUT2D eigenvalue weighted by atomic mass is 32.1. The van der Waals surface area contributed by atoms with Gasteiger partial charge >= 0.3 is 4.87 Å². The van der Waals surface area contributed by atoms with Gasteiger partial charge in [0.15, 0.2) is 0 Å². The fourth-order valence-electron chi connectivity index (χ4n) is 1.48. The number of carbonyl (C=O) groups is 2. The Morgan fingerprint density at radius 1 is 1.44 bits per heavy atom. The van der Waals surface area contributed by atoms with Crippen molar-refractivity contribution in [3.05, 3.63) is 20.7 Å². The molecule has 0 saturated heterocycles. The molecule has 0 atom stereocenters. The van der Waals surface area contributed by atoms with E-state index in [1.54, 1.807) is 12.3 Å². The van der Waals surface area contributed by atoms with Crippen LogP contribution in [0.4, 0.5) is 0 Å². The van der Waals surface area contributed by atoms with Crippen molar-refractivity contribution in [3.8, 4) is 0 Å². The highest BCUT2D eigenvalue weighted by molar-refractivity contribution is 7.07. The predicted molar refractivity (Wildman–Crippen MR) is 67.5 cm³/mol. The van der Waals surface area contributed by atoms with Crippen LogP contribution in [0, 0.1) is 6.92 Å². The average molecular weight is 269 g/mol. The van der Waals surface area contributed by atoms with Crippen LogP contribution in [0.25, 0.3) is 0 Å². The van der Waals surface area contributed by atoms with Crippen LogP contribution in [0.1, 0.15) is 18.5 Å². The van der Waals surface area contributed by atoms with Gasteiger partial charge in [-0.2, -0.15) is 0 Å². The number of carbonyl (C=O) groups excluding carboxylic acids is 2. The topological polar surface area (TPSA) is 80.2 Å². The Kier molecular flexibility index (Phi) is 3.81. The zero-order valence-corrected chi connectivity index (χ0v) is 10.9. The van der Waals surface area contributed by atoms with Crippen LogP contribution in [0.5, 0.6) is 0 Å². The molecule has 1 saturated carbocycles. The fraction of sp³-hybridized carbons (Fsp3) is 0.545. The van der Waals surface area contributed by atoms with E-state index in [9.17, 15) is 14.4 Å². The van der Waals surface area contributed by atoms with Crippen LogP contribution in [-0.2, 0) is 16.1 Å². The van der Waals surface area contributed by atoms with E-state index in [0.29, 0.717) is 0 Å². The third-order valence-corrected chi connectivity index (χ3v) is 3.55. The van der Waals surface area contributed by atoms with E-state index in [0.717, 1.165) is 29.9 Å². The number of nitrogens with zero attached hydrogens (tertiary/aromatic N) is 1. The third kappa shape index (κ3) is 3.43. The zero-order chi connectivity index (χ0) is 13.1. The molecule has 98 valence electrons. The maximum atomic E-state index is 11.6. The largest absolute Gasteiger partial charge is 0.352 e. The molecule has 1 aliphatic carbocycles. The Bertz CT molecular complexity index is 516. The van der Waals surface area contributed by atoms with Crippen molar-refractivity contribution in [2.45, 2.75) is 32.4 Å². The molecule has 0 aliphatic heterocycles. The van der Waals surface area contributed by atoms with Gasteiger partial charge in [0.1, 0.15) is 6.54 Å². The molecular weight excluding hydrogens is 254 g/mol. The van der Waals surface area contributed by atoms with Gasteiger partial charge in [-0.3, -0.25) is 19.0 Å². The molecular formula is C11H15N3O3S. The number of aromatic nitrogens is 1. The normalized spacial score (nSPS) is 14.3. The minimum absolute atomic E-state index is 0.0345. The Morgan fingerprint density at radius 3 is 2.72 bits per heavy atom. The highest BCUT2D eigenvalue weighted by Gasteiger charge is 2.23. The van der Waals surface area contributed by atoms with Crippen LogP contribution >= 0.6 is 11.3 Å². The molecule has 2 N–H and O–H groups in total. The molecule has 1 fully saturated rings. The minimum Gasteiger partial charge on any atom is -0.352 e. The minimum atomic E-state index is -0.329. The average Bonchev–Trinajstić information content (AvgIpc) is 3.08. The van der Waals surface area contributed by atoms with Crippen LogP contribution in [0.2, 0.25) is 0 Å². The first-order valence-electron chi connectivity index (χ1n) is 5.77. The van der Waals surface area contributed by atoms with E-state index in [1.807, 2.05) is 0 Å². The summed E-state index contributed by atoms with van der Waals surface area (Å²) in [7, 11) is 0. The van der Waals surface area contributed by atoms with Crippen molar-refractivity contribution in [1.29, 1.82) is 0 Å². The maximum Gasteiger partial charge on any atom is 0.307 e. The second-order valence-corrected chi connectivity index (χ2v) is 5.17. The summed E-state index contributed by atoms with van der Waals surface area (Å²) in [5.74, 6) is -0.509. The van der Waals surface area contributed by atoms with Crippen LogP contribution in [0.15, 0.2) is 10.2 Å². The van der Waals surface area contributed by atoms with Gasteiger partial charge in [-0.1, -0.05) is 11.3 Å². The standard InChI is InChI=1S/C11H15N3O3S/c1-7-6-18-11(17)14(7)5-10(16)12-4-9(15)13-8-2-3-8/h6,8H,2-5H2,1H3,(H,12,16)(H,13,15). The van der Waals surface area contributed by atoms with Crippen molar-refractivity contribution in [2.24, 2.45) is 0 Å². The van der Waals surface area contributed by atoms with Crippen LogP contribution in [-0.4, -0.2) is 29.0 Å². The van der Waals surface area contributed by atoms with E-state index in [1.165, 1.54) is 4.57 Å². The lowest BCUT2D eigenvalue weighted by atomic mass is 10.4. The van der Waals surface area contributed by atoms with Gasteiger partial charge in [0.05, 0.1) is 6.54 Å². The van der Waals surface area contributed by atoms with Crippen LogP contribution in [0.3, 0.4) is 0 Å². The summed E-state index contributed by atoms with van der Waals surface area (Å²) in [6.45, 7) is 1.70. The quantitative estimate of drug-likeness (QED) is 0.764.